The normalized spacial score (nSPS) is 10.6. The monoisotopic (exact) mass is 456 g/mol. The predicted molar refractivity (Wildman–Crippen MR) is 111 cm³/mol. The average Bonchev–Trinajstić information content (AvgIpc) is 2.63. The topological polar surface area (TPSA) is 67.8 Å². The molecule has 2 rings (SSSR count). The molecule has 25 heavy (non-hydrogen) atoms. The summed E-state index contributed by atoms with van der Waals surface area (Å²) < 4.78 is 10.8. The van der Waals surface area contributed by atoms with E-state index < -0.39 is 0 Å². The average molecular weight is 456 g/mol. The number of pyridine rings is 1. The van der Waals surface area contributed by atoms with Gasteiger partial charge in [-0.3, -0.25) is 4.99 Å². The summed E-state index contributed by atoms with van der Waals surface area (Å²) in [5.41, 5.74) is 1.97. The zero-order valence-corrected chi connectivity index (χ0v) is 17.1. The van der Waals surface area contributed by atoms with E-state index in [1.807, 2.05) is 49.4 Å². The summed E-state index contributed by atoms with van der Waals surface area (Å²) in [5.74, 6) is 2.19. The van der Waals surface area contributed by atoms with Crippen LogP contribution in [0.25, 0.3) is 0 Å². The molecule has 0 aliphatic carbocycles. The van der Waals surface area contributed by atoms with Crippen LogP contribution < -0.4 is 20.1 Å². The molecule has 136 valence electrons. The van der Waals surface area contributed by atoms with Crippen LogP contribution in [0, 0.1) is 0 Å². The highest BCUT2D eigenvalue weighted by Crippen LogP contribution is 2.17. The molecule has 0 aliphatic heterocycles. The standard InChI is InChI=1S/C18H24N4O2.HI/c1-4-24-16-10-6-5-8-14(16)12-20-18(19-2)21-13-15-9-7-11-17(22-15)23-3;/h5-11H,4,12-13H2,1-3H3,(H2,19,20,21);1H. The first-order chi connectivity index (χ1) is 11.8. The van der Waals surface area contributed by atoms with Gasteiger partial charge in [0.15, 0.2) is 5.96 Å². The number of hydrogen-bond acceptors (Lipinski definition) is 4. The minimum Gasteiger partial charge on any atom is -0.494 e. The first kappa shape index (κ1) is 21.0. The van der Waals surface area contributed by atoms with Gasteiger partial charge >= 0.3 is 0 Å². The number of para-hydroxylation sites is 1. The second-order valence-corrected chi connectivity index (χ2v) is 4.99. The summed E-state index contributed by atoms with van der Waals surface area (Å²) in [5, 5.41) is 6.52. The van der Waals surface area contributed by atoms with Crippen molar-refractivity contribution in [3.63, 3.8) is 0 Å². The number of nitrogens with one attached hydrogen (secondary N) is 2. The van der Waals surface area contributed by atoms with E-state index in [0.717, 1.165) is 17.0 Å². The molecular weight excluding hydrogens is 431 g/mol. The van der Waals surface area contributed by atoms with Crippen LogP contribution in [0.2, 0.25) is 0 Å². The van der Waals surface area contributed by atoms with Gasteiger partial charge in [-0.25, -0.2) is 4.98 Å². The van der Waals surface area contributed by atoms with Crippen molar-refractivity contribution >= 4 is 29.9 Å². The number of aliphatic imine (C=N–C) groups is 1. The van der Waals surface area contributed by atoms with Crippen LogP contribution in [0.15, 0.2) is 47.5 Å². The zero-order chi connectivity index (χ0) is 17.2. The Balaban J connectivity index is 0.00000312. The molecular formula is C18H25IN4O2. The molecule has 0 atom stereocenters. The molecule has 0 radical (unpaired) electrons. The second-order valence-electron chi connectivity index (χ2n) is 4.99. The highest BCUT2D eigenvalue weighted by molar-refractivity contribution is 14.0. The lowest BCUT2D eigenvalue weighted by molar-refractivity contribution is 0.336. The van der Waals surface area contributed by atoms with E-state index in [9.17, 15) is 0 Å². The third-order valence-electron chi connectivity index (χ3n) is 3.37. The first-order valence-electron chi connectivity index (χ1n) is 7.92. The maximum absolute atomic E-state index is 5.63. The molecule has 0 spiro atoms. The van der Waals surface area contributed by atoms with Crippen molar-refractivity contribution in [2.75, 3.05) is 20.8 Å². The molecule has 6 nitrogen and oxygen atoms in total. The number of rotatable bonds is 7. The van der Waals surface area contributed by atoms with Crippen LogP contribution >= 0.6 is 24.0 Å². The smallest absolute Gasteiger partial charge is 0.213 e. The SMILES string of the molecule is CCOc1ccccc1CNC(=NC)NCc1cccc(OC)n1.I. The summed E-state index contributed by atoms with van der Waals surface area (Å²) in [4.78, 5) is 8.60. The third-order valence-corrected chi connectivity index (χ3v) is 3.37. The number of hydrogen-bond donors (Lipinski definition) is 2. The van der Waals surface area contributed by atoms with E-state index in [-0.39, 0.29) is 24.0 Å². The Morgan fingerprint density at radius 1 is 1.08 bits per heavy atom. The molecule has 0 fully saturated rings. The van der Waals surface area contributed by atoms with Gasteiger partial charge in [0.25, 0.3) is 0 Å². The molecule has 0 bridgehead atoms. The van der Waals surface area contributed by atoms with E-state index in [2.05, 4.69) is 20.6 Å². The van der Waals surface area contributed by atoms with Gasteiger partial charge in [0.2, 0.25) is 5.88 Å². The Labute approximate surface area is 166 Å². The van der Waals surface area contributed by atoms with Crippen molar-refractivity contribution in [2.45, 2.75) is 20.0 Å². The van der Waals surface area contributed by atoms with Gasteiger partial charge in [-0.1, -0.05) is 24.3 Å². The van der Waals surface area contributed by atoms with Crippen molar-refractivity contribution in [3.8, 4) is 11.6 Å². The van der Waals surface area contributed by atoms with Gasteiger partial charge in [0.05, 0.1) is 26.0 Å². The van der Waals surface area contributed by atoms with Crippen LogP contribution in [0.3, 0.4) is 0 Å². The number of benzene rings is 1. The van der Waals surface area contributed by atoms with Gasteiger partial charge in [-0.15, -0.1) is 24.0 Å². The van der Waals surface area contributed by atoms with E-state index in [1.165, 1.54) is 0 Å². The van der Waals surface area contributed by atoms with E-state index >= 15 is 0 Å². The Morgan fingerprint density at radius 2 is 1.84 bits per heavy atom. The van der Waals surface area contributed by atoms with Crippen LogP contribution in [0.1, 0.15) is 18.2 Å². The van der Waals surface area contributed by atoms with E-state index in [4.69, 9.17) is 9.47 Å². The third kappa shape index (κ3) is 6.77. The summed E-state index contributed by atoms with van der Waals surface area (Å²) in [6, 6.07) is 13.6. The van der Waals surface area contributed by atoms with Crippen LogP contribution in [-0.2, 0) is 13.1 Å². The maximum atomic E-state index is 5.63. The fourth-order valence-electron chi connectivity index (χ4n) is 2.19. The minimum absolute atomic E-state index is 0. The molecule has 0 unspecified atom stereocenters. The van der Waals surface area contributed by atoms with Crippen molar-refractivity contribution in [3.05, 3.63) is 53.7 Å². The van der Waals surface area contributed by atoms with Crippen LogP contribution in [-0.4, -0.2) is 31.7 Å². The van der Waals surface area contributed by atoms with E-state index in [1.54, 1.807) is 14.2 Å². The van der Waals surface area contributed by atoms with Gasteiger partial charge in [0.1, 0.15) is 5.75 Å². The van der Waals surface area contributed by atoms with Crippen molar-refractivity contribution < 1.29 is 9.47 Å². The first-order valence-corrected chi connectivity index (χ1v) is 7.92. The Morgan fingerprint density at radius 3 is 2.56 bits per heavy atom. The minimum atomic E-state index is 0. The summed E-state index contributed by atoms with van der Waals surface area (Å²) >= 11 is 0. The second kappa shape index (κ2) is 11.5. The highest BCUT2D eigenvalue weighted by atomic mass is 127. The molecule has 1 aromatic heterocycles. The Bertz CT molecular complexity index is 680. The number of guanidine groups is 1. The van der Waals surface area contributed by atoms with Crippen LogP contribution in [0.4, 0.5) is 0 Å². The quantitative estimate of drug-likeness (QED) is 0.381. The lowest BCUT2D eigenvalue weighted by Gasteiger charge is -2.14. The summed E-state index contributed by atoms with van der Waals surface area (Å²) in [6.07, 6.45) is 0. The molecule has 0 aliphatic rings. The molecule has 0 amide bonds. The Hall–Kier alpha value is -2.03. The molecule has 2 N–H and O–H groups in total. The molecule has 0 saturated carbocycles. The zero-order valence-electron chi connectivity index (χ0n) is 14.8. The lowest BCUT2D eigenvalue weighted by Crippen LogP contribution is -2.36. The van der Waals surface area contributed by atoms with Gasteiger partial charge in [0, 0.05) is 25.2 Å². The van der Waals surface area contributed by atoms with Crippen molar-refractivity contribution in [1.82, 2.24) is 15.6 Å². The summed E-state index contributed by atoms with van der Waals surface area (Å²) in [6.45, 7) is 3.81. The van der Waals surface area contributed by atoms with Crippen LogP contribution in [0.5, 0.6) is 11.6 Å². The maximum Gasteiger partial charge on any atom is 0.213 e. The predicted octanol–water partition coefficient (Wildman–Crippen LogP) is 2.97. The van der Waals surface area contributed by atoms with Gasteiger partial charge in [-0.05, 0) is 19.1 Å². The largest absolute Gasteiger partial charge is 0.494 e. The molecule has 2 aromatic rings. The van der Waals surface area contributed by atoms with Gasteiger partial charge in [-0.2, -0.15) is 0 Å². The van der Waals surface area contributed by atoms with Crippen molar-refractivity contribution in [1.29, 1.82) is 0 Å². The fraction of sp³-hybridized carbons (Fsp3) is 0.333. The summed E-state index contributed by atoms with van der Waals surface area (Å²) in [7, 11) is 3.35. The van der Waals surface area contributed by atoms with Crippen molar-refractivity contribution in [2.24, 2.45) is 4.99 Å². The highest BCUT2D eigenvalue weighted by Gasteiger charge is 2.05. The Kier molecular flexibility index (Phi) is 9.68. The number of nitrogens with zero attached hydrogens (tertiary/aromatic N) is 2. The number of aromatic nitrogens is 1. The van der Waals surface area contributed by atoms with E-state index in [0.29, 0.717) is 31.5 Å². The molecule has 1 heterocycles. The lowest BCUT2D eigenvalue weighted by atomic mass is 10.2. The fourth-order valence-corrected chi connectivity index (χ4v) is 2.19. The number of halogens is 1. The number of ether oxygens (including phenoxy) is 2. The number of methoxy groups -OCH3 is 1. The molecule has 7 heteroatoms. The molecule has 0 saturated heterocycles. The molecule has 1 aromatic carbocycles. The van der Waals surface area contributed by atoms with Gasteiger partial charge < -0.3 is 20.1 Å².